The molecule has 1 unspecified atom stereocenters. The Bertz CT molecular complexity index is 710. The highest BCUT2D eigenvalue weighted by atomic mass is 127. The summed E-state index contributed by atoms with van der Waals surface area (Å²) in [7, 11) is 0. The maximum absolute atomic E-state index is 5.73. The molecule has 0 bridgehead atoms. The zero-order valence-electron chi connectivity index (χ0n) is 15.7. The first-order valence-corrected chi connectivity index (χ1v) is 9.25. The molecule has 0 fully saturated rings. The fraction of sp³-hybridized carbons (Fsp3) is 0.381. The highest BCUT2D eigenvalue weighted by molar-refractivity contribution is 14.0. The fourth-order valence-electron chi connectivity index (χ4n) is 2.96. The van der Waals surface area contributed by atoms with Gasteiger partial charge < -0.3 is 20.1 Å². The van der Waals surface area contributed by atoms with Crippen molar-refractivity contribution in [2.45, 2.75) is 26.0 Å². The van der Waals surface area contributed by atoms with Gasteiger partial charge in [-0.25, -0.2) is 0 Å². The van der Waals surface area contributed by atoms with E-state index in [1.807, 2.05) is 36.4 Å². The maximum atomic E-state index is 5.73. The minimum atomic E-state index is 0. The van der Waals surface area contributed by atoms with Gasteiger partial charge in [0.1, 0.15) is 5.75 Å². The molecule has 5 nitrogen and oxygen atoms in total. The van der Waals surface area contributed by atoms with E-state index < -0.39 is 0 Å². The van der Waals surface area contributed by atoms with Gasteiger partial charge in [-0.1, -0.05) is 48.5 Å². The van der Waals surface area contributed by atoms with Crippen LogP contribution in [0.25, 0.3) is 0 Å². The Balaban J connectivity index is 0.00000261. The molecule has 0 spiro atoms. The number of aliphatic imine (C=N–C) groups is 1. The summed E-state index contributed by atoms with van der Waals surface area (Å²) < 4.78 is 11.4. The molecule has 0 radical (unpaired) electrons. The summed E-state index contributed by atoms with van der Waals surface area (Å²) in [6, 6.07) is 18.6. The lowest BCUT2D eigenvalue weighted by Gasteiger charge is -2.28. The van der Waals surface area contributed by atoms with Gasteiger partial charge in [0.25, 0.3) is 0 Å². The molecule has 27 heavy (non-hydrogen) atoms. The van der Waals surface area contributed by atoms with Crippen LogP contribution in [0.2, 0.25) is 0 Å². The Kier molecular flexibility index (Phi) is 9.41. The zero-order valence-corrected chi connectivity index (χ0v) is 18.0. The number of hydrogen-bond donors (Lipinski definition) is 2. The van der Waals surface area contributed by atoms with Crippen molar-refractivity contribution >= 4 is 29.9 Å². The Morgan fingerprint density at radius 2 is 1.93 bits per heavy atom. The predicted octanol–water partition coefficient (Wildman–Crippen LogP) is 3.90. The minimum absolute atomic E-state index is 0. The second kappa shape index (κ2) is 11.8. The van der Waals surface area contributed by atoms with Crippen LogP contribution in [0.15, 0.2) is 59.6 Å². The number of rotatable bonds is 7. The molecule has 0 aliphatic carbocycles. The quantitative estimate of drug-likeness (QED) is 0.273. The number of fused-ring (bicyclic) bond motifs is 1. The molecule has 0 amide bonds. The maximum Gasteiger partial charge on any atom is 0.191 e. The van der Waals surface area contributed by atoms with Crippen molar-refractivity contribution in [3.05, 3.63) is 65.7 Å². The molecule has 1 heterocycles. The average Bonchev–Trinajstić information content (AvgIpc) is 2.69. The summed E-state index contributed by atoms with van der Waals surface area (Å²) in [5.74, 6) is 1.77. The van der Waals surface area contributed by atoms with Gasteiger partial charge in [0.2, 0.25) is 0 Å². The minimum Gasteiger partial charge on any atom is -0.493 e. The second-order valence-electron chi connectivity index (χ2n) is 6.17. The molecule has 2 aromatic carbocycles. The summed E-state index contributed by atoms with van der Waals surface area (Å²) in [5.41, 5.74) is 2.37. The van der Waals surface area contributed by atoms with Crippen LogP contribution in [0.4, 0.5) is 0 Å². The van der Waals surface area contributed by atoms with Gasteiger partial charge in [0, 0.05) is 18.5 Å². The van der Waals surface area contributed by atoms with Crippen LogP contribution in [0.1, 0.15) is 30.5 Å². The zero-order chi connectivity index (χ0) is 18.0. The Morgan fingerprint density at radius 3 is 2.74 bits per heavy atom. The number of hydrogen-bond acceptors (Lipinski definition) is 3. The highest BCUT2D eigenvalue weighted by Gasteiger charge is 2.21. The molecule has 3 rings (SSSR count). The third-order valence-corrected chi connectivity index (χ3v) is 4.23. The number of benzene rings is 2. The van der Waals surface area contributed by atoms with Crippen LogP contribution >= 0.6 is 24.0 Å². The molecule has 0 saturated carbocycles. The molecule has 146 valence electrons. The number of nitrogens with zero attached hydrogens (tertiary/aromatic N) is 1. The summed E-state index contributed by atoms with van der Waals surface area (Å²) >= 11 is 0. The van der Waals surface area contributed by atoms with Gasteiger partial charge in [-0.2, -0.15) is 0 Å². The van der Waals surface area contributed by atoms with Crippen LogP contribution in [0, 0.1) is 0 Å². The molecule has 0 aromatic heterocycles. The Morgan fingerprint density at radius 1 is 1.15 bits per heavy atom. The SMILES string of the molecule is CCNC(=NCCOCc1ccccc1)NC1CCOc2ccccc21.I. The van der Waals surface area contributed by atoms with Crippen LogP contribution in [-0.2, 0) is 11.3 Å². The predicted molar refractivity (Wildman–Crippen MR) is 120 cm³/mol. The molecule has 6 heteroatoms. The highest BCUT2D eigenvalue weighted by Crippen LogP contribution is 2.31. The smallest absolute Gasteiger partial charge is 0.191 e. The van der Waals surface area contributed by atoms with Crippen molar-refractivity contribution in [2.24, 2.45) is 4.99 Å². The molecule has 1 aliphatic rings. The topological polar surface area (TPSA) is 54.9 Å². The summed E-state index contributed by atoms with van der Waals surface area (Å²) in [5, 5.41) is 6.84. The number of halogens is 1. The van der Waals surface area contributed by atoms with Gasteiger partial charge in [-0.3, -0.25) is 4.99 Å². The van der Waals surface area contributed by atoms with E-state index in [9.17, 15) is 0 Å². The molecule has 1 aliphatic heterocycles. The first kappa shape index (κ1) is 21.5. The van der Waals surface area contributed by atoms with Crippen molar-refractivity contribution in [3.63, 3.8) is 0 Å². The van der Waals surface area contributed by atoms with Crippen LogP contribution in [0.5, 0.6) is 5.75 Å². The van der Waals surface area contributed by atoms with Gasteiger partial charge in [0.15, 0.2) is 5.96 Å². The molecule has 1 atom stereocenters. The largest absolute Gasteiger partial charge is 0.493 e. The summed E-state index contributed by atoms with van der Waals surface area (Å²) in [6.07, 6.45) is 0.923. The molecule has 2 aromatic rings. The molecular formula is C21H28IN3O2. The number of guanidine groups is 1. The third kappa shape index (κ3) is 6.70. The summed E-state index contributed by atoms with van der Waals surface area (Å²) in [6.45, 7) is 5.44. The number of para-hydroxylation sites is 1. The Labute approximate surface area is 178 Å². The van der Waals surface area contributed by atoms with Crippen molar-refractivity contribution in [2.75, 3.05) is 26.3 Å². The van der Waals surface area contributed by atoms with Crippen molar-refractivity contribution in [3.8, 4) is 5.75 Å². The van der Waals surface area contributed by atoms with E-state index in [0.717, 1.165) is 24.7 Å². The monoisotopic (exact) mass is 481 g/mol. The van der Waals surface area contributed by atoms with Crippen molar-refractivity contribution < 1.29 is 9.47 Å². The number of nitrogens with one attached hydrogen (secondary N) is 2. The number of ether oxygens (including phenoxy) is 2. The van der Waals surface area contributed by atoms with Crippen LogP contribution in [0.3, 0.4) is 0 Å². The first-order chi connectivity index (χ1) is 12.9. The van der Waals surface area contributed by atoms with E-state index in [1.165, 1.54) is 11.1 Å². The van der Waals surface area contributed by atoms with E-state index in [1.54, 1.807) is 0 Å². The lowest BCUT2D eigenvalue weighted by molar-refractivity contribution is 0.128. The van der Waals surface area contributed by atoms with Crippen LogP contribution < -0.4 is 15.4 Å². The van der Waals surface area contributed by atoms with Gasteiger partial charge in [-0.15, -0.1) is 24.0 Å². The van der Waals surface area contributed by atoms with Gasteiger partial charge >= 0.3 is 0 Å². The average molecular weight is 481 g/mol. The first-order valence-electron chi connectivity index (χ1n) is 9.25. The van der Waals surface area contributed by atoms with E-state index in [4.69, 9.17) is 9.47 Å². The lowest BCUT2D eigenvalue weighted by atomic mass is 10.0. The molecular weight excluding hydrogens is 453 g/mol. The molecule has 2 N–H and O–H groups in total. The van der Waals surface area contributed by atoms with E-state index in [2.05, 4.69) is 40.7 Å². The van der Waals surface area contributed by atoms with Crippen molar-refractivity contribution in [1.29, 1.82) is 0 Å². The summed E-state index contributed by atoms with van der Waals surface area (Å²) in [4.78, 5) is 4.64. The van der Waals surface area contributed by atoms with Crippen LogP contribution in [-0.4, -0.2) is 32.3 Å². The van der Waals surface area contributed by atoms with Gasteiger partial charge in [-0.05, 0) is 18.6 Å². The fourth-order valence-corrected chi connectivity index (χ4v) is 2.96. The third-order valence-electron chi connectivity index (χ3n) is 4.23. The van der Waals surface area contributed by atoms with E-state index in [0.29, 0.717) is 26.4 Å². The normalized spacial score (nSPS) is 15.9. The second-order valence-corrected chi connectivity index (χ2v) is 6.17. The Hall–Kier alpha value is -1.80. The van der Waals surface area contributed by atoms with E-state index in [-0.39, 0.29) is 30.0 Å². The van der Waals surface area contributed by atoms with E-state index >= 15 is 0 Å². The molecule has 0 saturated heterocycles. The van der Waals surface area contributed by atoms with Crippen molar-refractivity contribution in [1.82, 2.24) is 10.6 Å². The standard InChI is InChI=1S/C21H27N3O2.HI/c1-2-22-21(23-13-15-25-16-17-8-4-3-5-9-17)24-19-12-14-26-20-11-7-6-10-18(19)20;/h3-11,19H,2,12-16H2,1H3,(H2,22,23,24);1H. The lowest BCUT2D eigenvalue weighted by Crippen LogP contribution is -2.41. The van der Waals surface area contributed by atoms with Gasteiger partial charge in [0.05, 0.1) is 32.4 Å².